The highest BCUT2D eigenvalue weighted by Crippen LogP contribution is 2.08. The number of pyridine rings is 2. The molecule has 0 atom stereocenters. The normalized spacial score (nSPS) is 10.6. The number of carbonyl (C=O) groups excluding carboxylic acids is 1. The Bertz CT molecular complexity index is 535. The molecule has 0 unspecified atom stereocenters. The smallest absolute Gasteiger partial charge is 0.187 e. The summed E-state index contributed by atoms with van der Waals surface area (Å²) in [7, 11) is 0. The third-order valence-corrected chi connectivity index (χ3v) is 2.61. The monoisotopic (exact) mass is 288 g/mol. The van der Waals surface area contributed by atoms with E-state index < -0.39 is 0 Å². The maximum absolute atomic E-state index is 11.8. The summed E-state index contributed by atoms with van der Waals surface area (Å²) in [6, 6.07) is 7.15. The molecule has 0 aliphatic carbocycles. The van der Waals surface area contributed by atoms with Crippen LogP contribution < -0.4 is 0 Å². The number of hydrogen-bond donors (Lipinski definition) is 0. The third-order valence-electron chi connectivity index (χ3n) is 2.15. The summed E-state index contributed by atoms with van der Waals surface area (Å²) in [5.74, 6) is -0.0678. The molecule has 0 spiro atoms. The SMILES string of the molecule is O=C(/C=C/c1ccncc1)c1ccc(Br)nc1. The first-order valence-electron chi connectivity index (χ1n) is 5.00. The van der Waals surface area contributed by atoms with Gasteiger partial charge in [0.1, 0.15) is 4.60 Å². The van der Waals surface area contributed by atoms with Crippen LogP contribution in [0.4, 0.5) is 0 Å². The van der Waals surface area contributed by atoms with Gasteiger partial charge in [-0.2, -0.15) is 0 Å². The molecular formula is C13H9BrN2O. The average Bonchev–Trinajstić information content (AvgIpc) is 2.38. The second-order valence-electron chi connectivity index (χ2n) is 3.35. The maximum Gasteiger partial charge on any atom is 0.187 e. The highest BCUT2D eigenvalue weighted by atomic mass is 79.9. The van der Waals surface area contributed by atoms with Crippen LogP contribution in [0.3, 0.4) is 0 Å². The molecule has 3 nitrogen and oxygen atoms in total. The van der Waals surface area contributed by atoms with Gasteiger partial charge in [-0.05, 0) is 51.8 Å². The number of allylic oxidation sites excluding steroid dienone is 1. The van der Waals surface area contributed by atoms with Crippen molar-refractivity contribution < 1.29 is 4.79 Å². The molecule has 0 fully saturated rings. The van der Waals surface area contributed by atoms with Gasteiger partial charge in [-0.25, -0.2) is 4.98 Å². The van der Waals surface area contributed by atoms with E-state index in [1.54, 1.807) is 36.8 Å². The van der Waals surface area contributed by atoms with Gasteiger partial charge in [-0.15, -0.1) is 0 Å². The standard InChI is InChI=1S/C13H9BrN2O/c14-13-4-2-11(9-16-13)12(17)3-1-10-5-7-15-8-6-10/h1-9H/b3-1+. The largest absolute Gasteiger partial charge is 0.289 e. The fraction of sp³-hybridized carbons (Fsp3) is 0. The van der Waals surface area contributed by atoms with E-state index in [0.29, 0.717) is 10.2 Å². The first-order chi connectivity index (χ1) is 8.25. The minimum absolute atomic E-state index is 0.0678. The Labute approximate surface area is 107 Å². The van der Waals surface area contributed by atoms with Crippen molar-refractivity contribution in [2.45, 2.75) is 0 Å². The molecule has 17 heavy (non-hydrogen) atoms. The van der Waals surface area contributed by atoms with Gasteiger partial charge in [-0.1, -0.05) is 6.08 Å². The third kappa shape index (κ3) is 3.32. The van der Waals surface area contributed by atoms with Gasteiger partial charge < -0.3 is 0 Å². The average molecular weight is 289 g/mol. The summed E-state index contributed by atoms with van der Waals surface area (Å²) in [4.78, 5) is 19.7. The number of rotatable bonds is 3. The topological polar surface area (TPSA) is 42.9 Å². The van der Waals surface area contributed by atoms with Crippen molar-refractivity contribution in [3.63, 3.8) is 0 Å². The second-order valence-corrected chi connectivity index (χ2v) is 4.16. The van der Waals surface area contributed by atoms with Crippen LogP contribution in [0.5, 0.6) is 0 Å². The lowest BCUT2D eigenvalue weighted by Crippen LogP contribution is -1.94. The van der Waals surface area contributed by atoms with E-state index in [1.807, 2.05) is 12.1 Å². The molecule has 2 aromatic heterocycles. The van der Waals surface area contributed by atoms with Crippen molar-refractivity contribution >= 4 is 27.8 Å². The minimum Gasteiger partial charge on any atom is -0.289 e. The molecule has 0 bridgehead atoms. The van der Waals surface area contributed by atoms with E-state index in [0.717, 1.165) is 5.56 Å². The van der Waals surface area contributed by atoms with Crippen LogP contribution in [0.2, 0.25) is 0 Å². The molecule has 84 valence electrons. The van der Waals surface area contributed by atoms with E-state index >= 15 is 0 Å². The lowest BCUT2D eigenvalue weighted by molar-refractivity contribution is 0.104. The van der Waals surface area contributed by atoms with Crippen LogP contribution in [0.1, 0.15) is 15.9 Å². The van der Waals surface area contributed by atoms with Gasteiger partial charge in [0.05, 0.1) is 0 Å². The van der Waals surface area contributed by atoms with Crippen molar-refractivity contribution in [3.05, 3.63) is 64.7 Å². The molecule has 2 rings (SSSR count). The van der Waals surface area contributed by atoms with Crippen molar-refractivity contribution in [1.82, 2.24) is 9.97 Å². The number of ketones is 1. The molecule has 0 aliphatic rings. The van der Waals surface area contributed by atoms with E-state index in [1.165, 1.54) is 6.08 Å². The molecular weight excluding hydrogens is 280 g/mol. The van der Waals surface area contributed by atoms with Gasteiger partial charge >= 0.3 is 0 Å². The lowest BCUT2D eigenvalue weighted by Gasteiger charge is -1.95. The first-order valence-corrected chi connectivity index (χ1v) is 5.79. The Morgan fingerprint density at radius 3 is 2.59 bits per heavy atom. The quantitative estimate of drug-likeness (QED) is 0.495. The minimum atomic E-state index is -0.0678. The fourth-order valence-corrected chi connectivity index (χ4v) is 1.50. The molecule has 2 heterocycles. The fourth-order valence-electron chi connectivity index (χ4n) is 1.26. The van der Waals surface area contributed by atoms with E-state index in [9.17, 15) is 4.79 Å². The van der Waals surface area contributed by atoms with E-state index in [2.05, 4.69) is 25.9 Å². The van der Waals surface area contributed by atoms with Crippen LogP contribution in [-0.4, -0.2) is 15.8 Å². The van der Waals surface area contributed by atoms with Crippen molar-refractivity contribution in [1.29, 1.82) is 0 Å². The zero-order valence-electron chi connectivity index (χ0n) is 8.88. The lowest BCUT2D eigenvalue weighted by atomic mass is 10.1. The predicted octanol–water partition coefficient (Wildman–Crippen LogP) is 3.14. The van der Waals surface area contributed by atoms with Gasteiger partial charge in [0, 0.05) is 24.2 Å². The van der Waals surface area contributed by atoms with Crippen LogP contribution in [0.15, 0.2) is 53.5 Å². The Morgan fingerprint density at radius 1 is 1.18 bits per heavy atom. The number of hydrogen-bond acceptors (Lipinski definition) is 3. The van der Waals surface area contributed by atoms with Crippen LogP contribution in [-0.2, 0) is 0 Å². The maximum atomic E-state index is 11.8. The number of carbonyl (C=O) groups is 1. The first kappa shape index (κ1) is 11.7. The van der Waals surface area contributed by atoms with Crippen LogP contribution in [0.25, 0.3) is 6.08 Å². The summed E-state index contributed by atoms with van der Waals surface area (Å²) in [5, 5.41) is 0. The Hall–Kier alpha value is -1.81. The zero-order chi connectivity index (χ0) is 12.1. The summed E-state index contributed by atoms with van der Waals surface area (Å²) in [6.45, 7) is 0. The number of halogens is 1. The highest BCUT2D eigenvalue weighted by Gasteiger charge is 2.01. The number of aromatic nitrogens is 2. The predicted molar refractivity (Wildman–Crippen MR) is 69.5 cm³/mol. The van der Waals surface area contributed by atoms with E-state index in [4.69, 9.17) is 0 Å². The van der Waals surface area contributed by atoms with Crippen molar-refractivity contribution in [3.8, 4) is 0 Å². The van der Waals surface area contributed by atoms with Crippen molar-refractivity contribution in [2.24, 2.45) is 0 Å². The highest BCUT2D eigenvalue weighted by molar-refractivity contribution is 9.10. The summed E-state index contributed by atoms with van der Waals surface area (Å²) in [6.07, 6.45) is 8.20. The summed E-state index contributed by atoms with van der Waals surface area (Å²) >= 11 is 3.22. The molecule has 0 saturated carbocycles. The Morgan fingerprint density at radius 2 is 1.94 bits per heavy atom. The molecule has 0 N–H and O–H groups in total. The van der Waals surface area contributed by atoms with Gasteiger partial charge in [0.2, 0.25) is 0 Å². The van der Waals surface area contributed by atoms with Crippen LogP contribution in [0, 0.1) is 0 Å². The molecule has 2 aromatic rings. The van der Waals surface area contributed by atoms with Gasteiger partial charge in [0.25, 0.3) is 0 Å². The Kier molecular flexibility index (Phi) is 3.77. The number of nitrogens with zero attached hydrogens (tertiary/aromatic N) is 2. The molecule has 0 aliphatic heterocycles. The molecule has 0 radical (unpaired) electrons. The van der Waals surface area contributed by atoms with Crippen LogP contribution >= 0.6 is 15.9 Å². The summed E-state index contributed by atoms with van der Waals surface area (Å²) in [5.41, 5.74) is 1.51. The molecule has 0 saturated heterocycles. The Balaban J connectivity index is 2.12. The van der Waals surface area contributed by atoms with Gasteiger partial charge in [-0.3, -0.25) is 9.78 Å². The molecule has 0 aromatic carbocycles. The van der Waals surface area contributed by atoms with Gasteiger partial charge in [0.15, 0.2) is 5.78 Å². The summed E-state index contributed by atoms with van der Waals surface area (Å²) < 4.78 is 0.715. The van der Waals surface area contributed by atoms with Crippen molar-refractivity contribution in [2.75, 3.05) is 0 Å². The molecule has 4 heteroatoms. The van der Waals surface area contributed by atoms with E-state index in [-0.39, 0.29) is 5.78 Å². The zero-order valence-corrected chi connectivity index (χ0v) is 10.5. The second kappa shape index (κ2) is 5.50. The molecule has 0 amide bonds.